The first-order chi connectivity index (χ1) is 8.11. The highest BCUT2D eigenvalue weighted by atomic mass is 32.2. The van der Waals surface area contributed by atoms with Gasteiger partial charge in [-0.3, -0.25) is 0 Å². The van der Waals surface area contributed by atoms with Gasteiger partial charge in [-0.15, -0.1) is 11.8 Å². The van der Waals surface area contributed by atoms with Gasteiger partial charge in [0.05, 0.1) is 0 Å². The monoisotopic (exact) mass is 254 g/mol. The van der Waals surface area contributed by atoms with Crippen molar-refractivity contribution in [1.82, 2.24) is 10.1 Å². The Balaban J connectivity index is 2.36. The van der Waals surface area contributed by atoms with E-state index in [1.165, 1.54) is 24.8 Å². The van der Waals surface area contributed by atoms with Gasteiger partial charge in [-0.1, -0.05) is 5.16 Å². The van der Waals surface area contributed by atoms with Crippen LogP contribution in [0.2, 0.25) is 0 Å². The van der Waals surface area contributed by atoms with Crippen LogP contribution < -0.4 is 0 Å². The van der Waals surface area contributed by atoms with Crippen molar-refractivity contribution in [3.63, 3.8) is 0 Å². The van der Waals surface area contributed by atoms with Crippen LogP contribution in [0.4, 0.5) is 4.39 Å². The van der Waals surface area contributed by atoms with E-state index in [1.54, 1.807) is 18.4 Å². The lowest BCUT2D eigenvalue weighted by molar-refractivity contribution is 0.152. The topological polar surface area (TPSA) is 59.2 Å². The number of aliphatic hydroxyl groups is 1. The van der Waals surface area contributed by atoms with Crippen molar-refractivity contribution >= 4 is 11.8 Å². The minimum atomic E-state index is -0.827. The standard InChI is InChI=1S/C11H11FN2O2S/c1-6(15)11-13-10(14-16-11)7-3-4-9(17-2)8(12)5-7/h3-6,15H,1-2H3/t6-/m1/s1. The van der Waals surface area contributed by atoms with E-state index in [2.05, 4.69) is 10.1 Å². The average molecular weight is 254 g/mol. The number of aliphatic hydroxyl groups excluding tert-OH is 1. The van der Waals surface area contributed by atoms with E-state index in [0.29, 0.717) is 10.5 Å². The minimum absolute atomic E-state index is 0.120. The van der Waals surface area contributed by atoms with E-state index in [0.717, 1.165) is 0 Å². The predicted octanol–water partition coefficient (Wildman–Crippen LogP) is 2.65. The first-order valence-electron chi connectivity index (χ1n) is 4.97. The van der Waals surface area contributed by atoms with Gasteiger partial charge >= 0.3 is 0 Å². The predicted molar refractivity (Wildman–Crippen MR) is 62.1 cm³/mol. The van der Waals surface area contributed by atoms with Crippen LogP contribution in [0.5, 0.6) is 0 Å². The number of rotatable bonds is 3. The summed E-state index contributed by atoms with van der Waals surface area (Å²) >= 11 is 1.33. The zero-order valence-electron chi connectivity index (χ0n) is 9.35. The summed E-state index contributed by atoms with van der Waals surface area (Å²) in [5, 5.41) is 12.9. The van der Waals surface area contributed by atoms with Crippen molar-refractivity contribution in [1.29, 1.82) is 0 Å². The molecule has 0 aliphatic heterocycles. The maximum atomic E-state index is 13.5. The Kier molecular flexibility index (Phi) is 3.44. The molecule has 0 saturated heterocycles. The summed E-state index contributed by atoms with van der Waals surface area (Å²) in [7, 11) is 0. The maximum Gasteiger partial charge on any atom is 0.255 e. The van der Waals surface area contributed by atoms with Crippen molar-refractivity contribution in [2.45, 2.75) is 17.9 Å². The molecule has 2 aromatic rings. The van der Waals surface area contributed by atoms with Crippen LogP contribution in [-0.4, -0.2) is 21.5 Å². The van der Waals surface area contributed by atoms with Gasteiger partial charge in [0.2, 0.25) is 5.82 Å². The first kappa shape index (κ1) is 12.1. The molecule has 1 aromatic heterocycles. The first-order valence-corrected chi connectivity index (χ1v) is 6.20. The molecule has 1 aromatic carbocycles. The number of hydrogen-bond donors (Lipinski definition) is 1. The Morgan fingerprint density at radius 2 is 2.24 bits per heavy atom. The fourth-order valence-corrected chi connectivity index (χ4v) is 1.79. The zero-order valence-corrected chi connectivity index (χ0v) is 10.2. The summed E-state index contributed by atoms with van der Waals surface area (Å²) in [5.41, 5.74) is 0.524. The summed E-state index contributed by atoms with van der Waals surface area (Å²) in [6.45, 7) is 1.52. The van der Waals surface area contributed by atoms with Crippen molar-refractivity contribution in [2.75, 3.05) is 6.26 Å². The number of benzene rings is 1. The van der Waals surface area contributed by atoms with Gasteiger partial charge in [-0.2, -0.15) is 4.98 Å². The second-order valence-electron chi connectivity index (χ2n) is 3.48. The second-order valence-corrected chi connectivity index (χ2v) is 4.33. The van der Waals surface area contributed by atoms with E-state index >= 15 is 0 Å². The molecule has 6 heteroatoms. The summed E-state index contributed by atoms with van der Waals surface area (Å²) in [4.78, 5) is 4.54. The Morgan fingerprint density at radius 1 is 1.47 bits per heavy atom. The van der Waals surface area contributed by atoms with E-state index in [-0.39, 0.29) is 17.5 Å². The molecule has 0 unspecified atom stereocenters. The summed E-state index contributed by atoms with van der Waals surface area (Å²) in [6.07, 6.45) is 0.976. The number of halogens is 1. The molecule has 0 radical (unpaired) electrons. The number of hydrogen-bond acceptors (Lipinski definition) is 5. The highest BCUT2D eigenvalue weighted by Crippen LogP contribution is 2.25. The largest absolute Gasteiger partial charge is 0.384 e. The molecule has 0 amide bonds. The van der Waals surface area contributed by atoms with Crippen LogP contribution in [0.3, 0.4) is 0 Å². The number of aromatic nitrogens is 2. The fraction of sp³-hybridized carbons (Fsp3) is 0.273. The van der Waals surface area contributed by atoms with Gasteiger partial charge in [0.1, 0.15) is 11.9 Å². The third kappa shape index (κ3) is 2.48. The van der Waals surface area contributed by atoms with Crippen LogP contribution in [0.15, 0.2) is 27.6 Å². The van der Waals surface area contributed by atoms with E-state index in [9.17, 15) is 9.50 Å². The molecular weight excluding hydrogens is 243 g/mol. The Hall–Kier alpha value is -1.40. The molecule has 0 spiro atoms. The molecule has 1 atom stereocenters. The molecule has 0 aliphatic carbocycles. The molecule has 90 valence electrons. The zero-order chi connectivity index (χ0) is 12.4. The van der Waals surface area contributed by atoms with Crippen LogP contribution in [0, 0.1) is 5.82 Å². The number of nitrogens with zero attached hydrogens (tertiary/aromatic N) is 2. The third-order valence-electron chi connectivity index (χ3n) is 2.21. The maximum absolute atomic E-state index is 13.5. The van der Waals surface area contributed by atoms with E-state index < -0.39 is 6.10 Å². The van der Waals surface area contributed by atoms with E-state index in [1.807, 2.05) is 0 Å². The molecule has 0 saturated carbocycles. The summed E-state index contributed by atoms with van der Waals surface area (Å²) in [5.74, 6) is 0.0696. The van der Waals surface area contributed by atoms with Crippen molar-refractivity contribution in [3.05, 3.63) is 29.9 Å². The average Bonchev–Trinajstić information content (AvgIpc) is 2.78. The van der Waals surface area contributed by atoms with Crippen LogP contribution in [0.25, 0.3) is 11.4 Å². The van der Waals surface area contributed by atoms with Gasteiger partial charge in [-0.25, -0.2) is 4.39 Å². The number of thioether (sulfide) groups is 1. The fourth-order valence-electron chi connectivity index (χ4n) is 1.33. The van der Waals surface area contributed by atoms with Crippen molar-refractivity contribution < 1.29 is 14.0 Å². The smallest absolute Gasteiger partial charge is 0.255 e. The second kappa shape index (κ2) is 4.85. The minimum Gasteiger partial charge on any atom is -0.384 e. The molecule has 17 heavy (non-hydrogen) atoms. The van der Waals surface area contributed by atoms with Crippen LogP contribution >= 0.6 is 11.8 Å². The lowest BCUT2D eigenvalue weighted by Crippen LogP contribution is -1.90. The SMILES string of the molecule is CSc1ccc(-c2noc([C@@H](C)O)n2)cc1F. The van der Waals surface area contributed by atoms with Gasteiger partial charge in [0.25, 0.3) is 5.89 Å². The van der Waals surface area contributed by atoms with Crippen LogP contribution in [0.1, 0.15) is 18.9 Å². The highest BCUT2D eigenvalue weighted by Gasteiger charge is 2.13. The quantitative estimate of drug-likeness (QED) is 0.853. The van der Waals surface area contributed by atoms with Gasteiger partial charge < -0.3 is 9.63 Å². The lowest BCUT2D eigenvalue weighted by atomic mass is 10.2. The van der Waals surface area contributed by atoms with E-state index in [4.69, 9.17) is 4.52 Å². The lowest BCUT2D eigenvalue weighted by Gasteiger charge is -2.00. The van der Waals surface area contributed by atoms with Crippen LogP contribution in [-0.2, 0) is 0 Å². The molecule has 1 heterocycles. The van der Waals surface area contributed by atoms with Crippen molar-refractivity contribution in [2.24, 2.45) is 0 Å². The molecule has 1 N–H and O–H groups in total. The summed E-state index contributed by atoms with van der Waals surface area (Å²) < 4.78 is 18.4. The van der Waals surface area contributed by atoms with Gasteiger partial charge in [0.15, 0.2) is 0 Å². The Labute approximate surface area is 102 Å². The molecule has 0 fully saturated rings. The Bertz CT molecular complexity index is 528. The highest BCUT2D eigenvalue weighted by molar-refractivity contribution is 7.98. The molecule has 0 bridgehead atoms. The summed E-state index contributed by atoms with van der Waals surface area (Å²) in [6, 6.07) is 4.72. The third-order valence-corrected chi connectivity index (χ3v) is 2.98. The molecule has 4 nitrogen and oxygen atoms in total. The van der Waals surface area contributed by atoms with Gasteiger partial charge in [-0.05, 0) is 31.4 Å². The molecule has 2 rings (SSSR count). The normalized spacial score (nSPS) is 12.7. The molecule has 0 aliphatic rings. The van der Waals surface area contributed by atoms with Crippen molar-refractivity contribution in [3.8, 4) is 11.4 Å². The molecular formula is C11H11FN2O2S. The Morgan fingerprint density at radius 3 is 2.76 bits per heavy atom. The van der Waals surface area contributed by atoms with Gasteiger partial charge in [0, 0.05) is 10.5 Å².